The third-order valence-corrected chi connectivity index (χ3v) is 4.34. The number of nitrogens with zero attached hydrogens (tertiary/aromatic N) is 3. The molecule has 1 aromatic carbocycles. The van der Waals surface area contributed by atoms with Gasteiger partial charge < -0.3 is 4.74 Å². The summed E-state index contributed by atoms with van der Waals surface area (Å²) < 4.78 is 55.9. The molecule has 0 fully saturated rings. The van der Waals surface area contributed by atoms with E-state index in [1.54, 1.807) is 36.4 Å². The molecule has 1 aromatic heterocycles. The summed E-state index contributed by atoms with van der Waals surface area (Å²) in [6.07, 6.45) is -0.421. The Balaban J connectivity index is 1.78. The highest BCUT2D eigenvalue weighted by Crippen LogP contribution is 2.30. The normalized spacial score (nSPS) is 20.2. The summed E-state index contributed by atoms with van der Waals surface area (Å²) in [5.41, 5.74) is 0.918. The highest BCUT2D eigenvalue weighted by atomic mass is 19.3. The standard InChI is InChI=1S/C17H15F4N3O3/c18-16(19)17(20,21)9-27-15(26)11-6-2-1-5-10(11)14(25)24-13-8-4-3-7-12(13)22-23-24/h1-4,7-8,10-11,16H,5-6,9H2/t10-,11+/m1/s1. The Morgan fingerprint density at radius 3 is 2.56 bits per heavy atom. The molecule has 0 unspecified atom stereocenters. The van der Waals surface area contributed by atoms with Crippen molar-refractivity contribution in [1.82, 2.24) is 15.0 Å². The first-order chi connectivity index (χ1) is 12.8. The summed E-state index contributed by atoms with van der Waals surface area (Å²) in [4.78, 5) is 25.0. The van der Waals surface area contributed by atoms with E-state index in [9.17, 15) is 27.2 Å². The molecule has 2 atom stereocenters. The van der Waals surface area contributed by atoms with Gasteiger partial charge in [0.15, 0.2) is 6.61 Å². The molecule has 10 heteroatoms. The fraction of sp³-hybridized carbons (Fsp3) is 0.412. The molecule has 0 amide bonds. The lowest BCUT2D eigenvalue weighted by molar-refractivity contribution is -0.183. The van der Waals surface area contributed by atoms with E-state index in [1.165, 1.54) is 0 Å². The van der Waals surface area contributed by atoms with E-state index in [4.69, 9.17) is 0 Å². The van der Waals surface area contributed by atoms with E-state index in [0.717, 1.165) is 4.68 Å². The van der Waals surface area contributed by atoms with E-state index in [1.807, 2.05) is 0 Å². The molecule has 1 heterocycles. The summed E-state index contributed by atoms with van der Waals surface area (Å²) >= 11 is 0. The van der Waals surface area contributed by atoms with Gasteiger partial charge in [-0.05, 0) is 25.0 Å². The number of rotatable bonds is 5. The number of allylic oxidation sites excluding steroid dienone is 2. The monoisotopic (exact) mass is 385 g/mol. The van der Waals surface area contributed by atoms with Gasteiger partial charge in [-0.2, -0.15) is 13.5 Å². The van der Waals surface area contributed by atoms with E-state index in [-0.39, 0.29) is 12.8 Å². The number of hydrogen-bond acceptors (Lipinski definition) is 5. The lowest BCUT2D eigenvalue weighted by Gasteiger charge is -2.26. The average Bonchev–Trinajstić information content (AvgIpc) is 3.09. The van der Waals surface area contributed by atoms with Gasteiger partial charge in [0.25, 0.3) is 5.91 Å². The number of para-hydroxylation sites is 1. The Morgan fingerprint density at radius 2 is 1.85 bits per heavy atom. The fourth-order valence-electron chi connectivity index (χ4n) is 2.87. The number of aromatic nitrogens is 3. The maximum Gasteiger partial charge on any atom is 0.340 e. The van der Waals surface area contributed by atoms with E-state index in [2.05, 4.69) is 15.0 Å². The number of halogens is 4. The van der Waals surface area contributed by atoms with Crippen LogP contribution in [-0.2, 0) is 9.53 Å². The Morgan fingerprint density at radius 1 is 1.19 bits per heavy atom. The highest BCUT2D eigenvalue weighted by Gasteiger charge is 2.44. The molecule has 144 valence electrons. The quantitative estimate of drug-likeness (QED) is 0.449. The molecule has 0 radical (unpaired) electrons. The van der Waals surface area contributed by atoms with Gasteiger partial charge in [-0.25, -0.2) is 8.78 Å². The molecule has 27 heavy (non-hydrogen) atoms. The third-order valence-electron chi connectivity index (χ3n) is 4.34. The zero-order valence-corrected chi connectivity index (χ0v) is 13.9. The molecule has 1 aliphatic carbocycles. The summed E-state index contributed by atoms with van der Waals surface area (Å²) in [6.45, 7) is -1.74. The van der Waals surface area contributed by atoms with Crippen molar-refractivity contribution in [1.29, 1.82) is 0 Å². The predicted molar refractivity (Wildman–Crippen MR) is 85.4 cm³/mol. The molecule has 3 rings (SSSR count). The van der Waals surface area contributed by atoms with Gasteiger partial charge in [-0.1, -0.05) is 29.5 Å². The minimum absolute atomic E-state index is 0.0715. The third kappa shape index (κ3) is 3.83. The maximum atomic E-state index is 13.0. The summed E-state index contributed by atoms with van der Waals surface area (Å²) in [5.74, 6) is -8.10. The van der Waals surface area contributed by atoms with Gasteiger partial charge in [0.2, 0.25) is 0 Å². The van der Waals surface area contributed by atoms with Crippen molar-refractivity contribution >= 4 is 22.9 Å². The van der Waals surface area contributed by atoms with E-state index >= 15 is 0 Å². The van der Waals surface area contributed by atoms with Gasteiger partial charge in [0.1, 0.15) is 5.52 Å². The van der Waals surface area contributed by atoms with Crippen molar-refractivity contribution in [3.05, 3.63) is 36.4 Å². The number of fused-ring (bicyclic) bond motifs is 1. The van der Waals surface area contributed by atoms with Crippen molar-refractivity contribution in [2.45, 2.75) is 25.2 Å². The Hall–Kier alpha value is -2.78. The zero-order chi connectivity index (χ0) is 19.6. The van der Waals surface area contributed by atoms with Gasteiger partial charge in [-0.15, -0.1) is 5.10 Å². The molecule has 0 spiro atoms. The Labute approximate surface area is 150 Å². The topological polar surface area (TPSA) is 74.1 Å². The maximum absolute atomic E-state index is 13.0. The van der Waals surface area contributed by atoms with Gasteiger partial charge in [0.05, 0.1) is 17.4 Å². The largest absolute Gasteiger partial charge is 0.459 e. The predicted octanol–water partition coefficient (Wildman–Crippen LogP) is 3.10. The molecule has 0 aliphatic heterocycles. The number of ether oxygens (including phenoxy) is 1. The number of carbonyl (C=O) groups is 2. The minimum atomic E-state index is -4.44. The van der Waals surface area contributed by atoms with Crippen molar-refractivity contribution in [2.75, 3.05) is 6.61 Å². The van der Waals surface area contributed by atoms with Crippen LogP contribution in [0.15, 0.2) is 36.4 Å². The van der Waals surface area contributed by atoms with E-state index < -0.39 is 42.7 Å². The molecule has 0 saturated carbocycles. The van der Waals surface area contributed by atoms with Crippen LogP contribution in [0.1, 0.15) is 17.6 Å². The van der Waals surface area contributed by atoms with Crippen LogP contribution in [-0.4, -0.2) is 45.8 Å². The molecule has 0 saturated heterocycles. The van der Waals surface area contributed by atoms with Crippen LogP contribution in [0.2, 0.25) is 0 Å². The first kappa shape index (κ1) is 19.0. The van der Waals surface area contributed by atoms with Crippen LogP contribution < -0.4 is 0 Å². The van der Waals surface area contributed by atoms with Gasteiger partial charge >= 0.3 is 18.3 Å². The molecule has 0 bridgehead atoms. The van der Waals surface area contributed by atoms with Crippen LogP contribution in [0.4, 0.5) is 17.6 Å². The second-order valence-electron chi connectivity index (χ2n) is 6.15. The minimum Gasteiger partial charge on any atom is -0.459 e. The second kappa shape index (κ2) is 7.45. The van der Waals surface area contributed by atoms with Gasteiger partial charge in [-0.3, -0.25) is 9.59 Å². The number of benzene rings is 1. The number of hydrogen-bond donors (Lipinski definition) is 0. The van der Waals surface area contributed by atoms with Crippen LogP contribution >= 0.6 is 0 Å². The number of carbonyl (C=O) groups excluding carboxylic acids is 2. The number of esters is 1. The zero-order valence-electron chi connectivity index (χ0n) is 13.9. The average molecular weight is 385 g/mol. The lowest BCUT2D eigenvalue weighted by atomic mass is 9.82. The molecule has 6 nitrogen and oxygen atoms in total. The summed E-state index contributed by atoms with van der Waals surface area (Å²) in [5, 5.41) is 7.66. The highest BCUT2D eigenvalue weighted by molar-refractivity contribution is 5.93. The fourth-order valence-corrected chi connectivity index (χ4v) is 2.87. The number of alkyl halides is 4. The van der Waals surface area contributed by atoms with Crippen molar-refractivity contribution in [3.63, 3.8) is 0 Å². The summed E-state index contributed by atoms with van der Waals surface area (Å²) in [7, 11) is 0. The molecular weight excluding hydrogens is 370 g/mol. The molecule has 2 aromatic rings. The molecular formula is C17H15F4N3O3. The van der Waals surface area contributed by atoms with Crippen molar-refractivity contribution in [2.24, 2.45) is 11.8 Å². The SMILES string of the molecule is O=C(OCC(F)(F)C(F)F)[C@H]1CC=CC[C@H]1C(=O)n1nnc2ccccc21. The molecule has 1 aliphatic rings. The van der Waals surface area contributed by atoms with Crippen LogP contribution in [0.3, 0.4) is 0 Å². The van der Waals surface area contributed by atoms with Crippen LogP contribution in [0.25, 0.3) is 11.0 Å². The Bertz CT molecular complexity index is 881. The summed E-state index contributed by atoms with van der Waals surface area (Å²) in [6, 6.07) is 6.69. The smallest absolute Gasteiger partial charge is 0.340 e. The molecule has 0 N–H and O–H groups in total. The first-order valence-electron chi connectivity index (χ1n) is 8.13. The lowest BCUT2D eigenvalue weighted by Crippen LogP contribution is -2.39. The van der Waals surface area contributed by atoms with Crippen LogP contribution in [0.5, 0.6) is 0 Å². The van der Waals surface area contributed by atoms with Crippen molar-refractivity contribution in [3.8, 4) is 0 Å². The Kier molecular flexibility index (Phi) is 5.24. The van der Waals surface area contributed by atoms with Gasteiger partial charge in [0, 0.05) is 0 Å². The van der Waals surface area contributed by atoms with Crippen LogP contribution in [0, 0.1) is 11.8 Å². The van der Waals surface area contributed by atoms with E-state index in [0.29, 0.717) is 11.0 Å². The second-order valence-corrected chi connectivity index (χ2v) is 6.15. The van der Waals surface area contributed by atoms with Crippen molar-refractivity contribution < 1.29 is 31.9 Å². The first-order valence-corrected chi connectivity index (χ1v) is 8.13.